The molecule has 0 bridgehead atoms. The van der Waals surface area contributed by atoms with Crippen molar-refractivity contribution in [3.8, 4) is 6.07 Å². The Morgan fingerprint density at radius 3 is 3.12 bits per heavy atom. The number of nitrogens with one attached hydrogen (secondary N) is 1. The largest absolute Gasteiger partial charge is 0.366 e. The van der Waals surface area contributed by atoms with Gasteiger partial charge in [-0.3, -0.25) is 0 Å². The first kappa shape index (κ1) is 12.4. The molecule has 1 atom stereocenters. The molecule has 1 aliphatic rings. The van der Waals surface area contributed by atoms with Crippen LogP contribution in [-0.4, -0.2) is 26.2 Å². The first-order valence-corrected chi connectivity index (χ1v) is 6.66. The number of likely N-dealkylation sites (N-methyl/N-ethyl adjacent to an activating group) is 1. The Balaban J connectivity index is 2.32. The van der Waals surface area contributed by atoms with E-state index < -0.39 is 0 Å². The van der Waals surface area contributed by atoms with E-state index in [2.05, 4.69) is 32.2 Å². The molecule has 0 saturated carbocycles. The van der Waals surface area contributed by atoms with Crippen LogP contribution >= 0.6 is 15.9 Å². The quantitative estimate of drug-likeness (QED) is 0.931. The standard InChI is InChI=1S/C13H16BrN3/c1-16-9-12-3-2-6-17(12)13-7-11(14)5-4-10(13)8-15/h4-5,7,12,16H,2-3,6,9H2,1H3. The first-order chi connectivity index (χ1) is 8.26. The fourth-order valence-corrected chi connectivity index (χ4v) is 2.79. The van der Waals surface area contributed by atoms with Crippen LogP contribution in [0.1, 0.15) is 18.4 Å². The van der Waals surface area contributed by atoms with Gasteiger partial charge in [0.1, 0.15) is 6.07 Å². The maximum atomic E-state index is 9.18. The maximum absolute atomic E-state index is 9.18. The summed E-state index contributed by atoms with van der Waals surface area (Å²) in [5, 5.41) is 12.4. The monoisotopic (exact) mass is 293 g/mol. The normalized spacial score (nSPS) is 19.4. The van der Waals surface area contributed by atoms with Gasteiger partial charge in [-0.15, -0.1) is 0 Å². The van der Waals surface area contributed by atoms with Crippen molar-refractivity contribution in [3.05, 3.63) is 28.2 Å². The van der Waals surface area contributed by atoms with Crippen LogP contribution < -0.4 is 10.2 Å². The molecule has 1 unspecified atom stereocenters. The smallest absolute Gasteiger partial charge is 0.101 e. The summed E-state index contributed by atoms with van der Waals surface area (Å²) >= 11 is 3.48. The van der Waals surface area contributed by atoms with Crippen LogP contribution in [-0.2, 0) is 0 Å². The van der Waals surface area contributed by atoms with E-state index in [4.69, 9.17) is 0 Å². The summed E-state index contributed by atoms with van der Waals surface area (Å²) in [7, 11) is 1.97. The van der Waals surface area contributed by atoms with Crippen LogP contribution in [0.2, 0.25) is 0 Å². The van der Waals surface area contributed by atoms with E-state index in [1.54, 1.807) is 0 Å². The first-order valence-electron chi connectivity index (χ1n) is 5.87. The third-order valence-electron chi connectivity index (χ3n) is 3.21. The average molecular weight is 294 g/mol. The Kier molecular flexibility index (Phi) is 4.03. The van der Waals surface area contributed by atoms with Crippen LogP contribution in [0.4, 0.5) is 5.69 Å². The van der Waals surface area contributed by atoms with Crippen LogP contribution in [0, 0.1) is 11.3 Å². The summed E-state index contributed by atoms with van der Waals surface area (Å²) in [6, 6.07) is 8.63. The molecule has 3 nitrogen and oxygen atoms in total. The van der Waals surface area contributed by atoms with Crippen molar-refractivity contribution >= 4 is 21.6 Å². The molecule has 2 rings (SSSR count). The molecule has 1 fully saturated rings. The van der Waals surface area contributed by atoms with Gasteiger partial charge >= 0.3 is 0 Å². The van der Waals surface area contributed by atoms with Crippen LogP contribution in [0.15, 0.2) is 22.7 Å². The third kappa shape index (κ3) is 2.62. The molecule has 1 aliphatic heterocycles. The fourth-order valence-electron chi connectivity index (χ4n) is 2.44. The van der Waals surface area contributed by atoms with E-state index >= 15 is 0 Å². The zero-order valence-corrected chi connectivity index (χ0v) is 11.5. The van der Waals surface area contributed by atoms with Gasteiger partial charge in [0.2, 0.25) is 0 Å². The van der Waals surface area contributed by atoms with E-state index in [1.165, 1.54) is 12.8 Å². The van der Waals surface area contributed by atoms with Gasteiger partial charge in [0.05, 0.1) is 11.3 Å². The highest BCUT2D eigenvalue weighted by Gasteiger charge is 2.25. The molecule has 17 heavy (non-hydrogen) atoms. The summed E-state index contributed by atoms with van der Waals surface area (Å²) in [5.41, 5.74) is 1.82. The number of halogens is 1. The van der Waals surface area contributed by atoms with Gasteiger partial charge < -0.3 is 10.2 Å². The minimum absolute atomic E-state index is 0.501. The van der Waals surface area contributed by atoms with Gasteiger partial charge in [-0.05, 0) is 38.1 Å². The summed E-state index contributed by atoms with van der Waals surface area (Å²) in [6.07, 6.45) is 2.39. The SMILES string of the molecule is CNCC1CCCN1c1cc(Br)ccc1C#N. The predicted molar refractivity (Wildman–Crippen MR) is 73.2 cm³/mol. The molecule has 1 N–H and O–H groups in total. The fraction of sp³-hybridized carbons (Fsp3) is 0.462. The van der Waals surface area contributed by atoms with Crippen molar-refractivity contribution in [1.82, 2.24) is 5.32 Å². The Bertz CT molecular complexity index is 439. The van der Waals surface area contributed by atoms with Crippen molar-refractivity contribution in [3.63, 3.8) is 0 Å². The molecular weight excluding hydrogens is 278 g/mol. The Hall–Kier alpha value is -1.05. The molecule has 0 spiro atoms. The molecular formula is C13H16BrN3. The predicted octanol–water partition coefficient (Wildman–Crippen LogP) is 2.51. The Morgan fingerprint density at radius 2 is 2.41 bits per heavy atom. The molecule has 1 heterocycles. The zero-order valence-electron chi connectivity index (χ0n) is 9.91. The molecule has 0 radical (unpaired) electrons. The minimum atomic E-state index is 0.501. The number of hydrogen-bond acceptors (Lipinski definition) is 3. The van der Waals surface area contributed by atoms with Crippen molar-refractivity contribution in [1.29, 1.82) is 5.26 Å². The van der Waals surface area contributed by atoms with E-state index in [0.717, 1.165) is 28.8 Å². The summed E-state index contributed by atoms with van der Waals surface area (Å²) in [5.74, 6) is 0. The number of nitrogens with zero attached hydrogens (tertiary/aromatic N) is 2. The van der Waals surface area contributed by atoms with Gasteiger partial charge in [0, 0.05) is 23.6 Å². The molecule has 1 saturated heterocycles. The maximum Gasteiger partial charge on any atom is 0.101 e. The molecule has 0 aromatic heterocycles. The second kappa shape index (κ2) is 5.52. The summed E-state index contributed by atoms with van der Waals surface area (Å²) in [6.45, 7) is 2.01. The van der Waals surface area contributed by atoms with Gasteiger partial charge in [0.25, 0.3) is 0 Å². The number of benzene rings is 1. The lowest BCUT2D eigenvalue weighted by molar-refractivity contribution is 0.615. The molecule has 4 heteroatoms. The van der Waals surface area contributed by atoms with E-state index in [1.807, 2.05) is 25.2 Å². The van der Waals surface area contributed by atoms with E-state index in [0.29, 0.717) is 6.04 Å². The molecule has 0 aliphatic carbocycles. The number of rotatable bonds is 3. The van der Waals surface area contributed by atoms with Crippen LogP contribution in [0.25, 0.3) is 0 Å². The van der Waals surface area contributed by atoms with E-state index in [9.17, 15) is 5.26 Å². The Labute approximate surface area is 111 Å². The van der Waals surface area contributed by atoms with Crippen molar-refractivity contribution in [2.45, 2.75) is 18.9 Å². The lowest BCUT2D eigenvalue weighted by Crippen LogP contribution is -2.37. The highest BCUT2D eigenvalue weighted by molar-refractivity contribution is 9.10. The zero-order chi connectivity index (χ0) is 12.3. The van der Waals surface area contributed by atoms with Crippen LogP contribution in [0.3, 0.4) is 0 Å². The molecule has 1 aromatic rings. The van der Waals surface area contributed by atoms with Gasteiger partial charge in [-0.2, -0.15) is 5.26 Å². The second-order valence-corrected chi connectivity index (χ2v) is 5.24. The van der Waals surface area contributed by atoms with Crippen molar-refractivity contribution < 1.29 is 0 Å². The second-order valence-electron chi connectivity index (χ2n) is 4.32. The third-order valence-corrected chi connectivity index (χ3v) is 3.70. The molecule has 90 valence electrons. The summed E-state index contributed by atoms with van der Waals surface area (Å²) in [4.78, 5) is 2.35. The highest BCUT2D eigenvalue weighted by Crippen LogP contribution is 2.30. The Morgan fingerprint density at radius 1 is 1.59 bits per heavy atom. The lowest BCUT2D eigenvalue weighted by Gasteiger charge is -2.27. The molecule has 1 aromatic carbocycles. The van der Waals surface area contributed by atoms with Gasteiger partial charge in [-0.25, -0.2) is 0 Å². The lowest BCUT2D eigenvalue weighted by atomic mass is 10.1. The van der Waals surface area contributed by atoms with Gasteiger partial charge in [-0.1, -0.05) is 15.9 Å². The van der Waals surface area contributed by atoms with E-state index in [-0.39, 0.29) is 0 Å². The van der Waals surface area contributed by atoms with Crippen LogP contribution in [0.5, 0.6) is 0 Å². The average Bonchev–Trinajstić information content (AvgIpc) is 2.77. The number of nitriles is 1. The number of hydrogen-bond donors (Lipinski definition) is 1. The van der Waals surface area contributed by atoms with Crippen molar-refractivity contribution in [2.75, 3.05) is 25.0 Å². The molecule has 0 amide bonds. The topological polar surface area (TPSA) is 39.1 Å². The van der Waals surface area contributed by atoms with Crippen molar-refractivity contribution in [2.24, 2.45) is 0 Å². The highest BCUT2D eigenvalue weighted by atomic mass is 79.9. The van der Waals surface area contributed by atoms with Gasteiger partial charge in [0.15, 0.2) is 0 Å². The summed E-state index contributed by atoms with van der Waals surface area (Å²) < 4.78 is 1.03. The minimum Gasteiger partial charge on any atom is -0.366 e. The number of anilines is 1.